The highest BCUT2D eigenvalue weighted by Crippen LogP contribution is 2.44. The summed E-state index contributed by atoms with van der Waals surface area (Å²) in [6, 6.07) is 12.9. The van der Waals surface area contributed by atoms with E-state index in [2.05, 4.69) is 46.6 Å². The zero-order valence-corrected chi connectivity index (χ0v) is 15.5. The number of thioether (sulfide) groups is 1. The van der Waals surface area contributed by atoms with Crippen molar-refractivity contribution in [2.45, 2.75) is 37.3 Å². The van der Waals surface area contributed by atoms with E-state index in [9.17, 15) is 4.79 Å². The minimum atomic E-state index is -0.176. The van der Waals surface area contributed by atoms with Crippen LogP contribution in [0.3, 0.4) is 0 Å². The summed E-state index contributed by atoms with van der Waals surface area (Å²) in [5, 5.41) is 11.6. The van der Waals surface area contributed by atoms with Crippen LogP contribution in [0.2, 0.25) is 0 Å². The number of aromatic nitrogens is 3. The number of hydrogen-bond donors (Lipinski definition) is 0. The van der Waals surface area contributed by atoms with Gasteiger partial charge in [0.2, 0.25) is 0 Å². The molecule has 0 amide bonds. The number of benzene rings is 2. The lowest BCUT2D eigenvalue weighted by atomic mass is 9.99. The molecule has 1 saturated carbocycles. The third-order valence-corrected chi connectivity index (χ3v) is 5.52. The topological polar surface area (TPSA) is 57.0 Å². The predicted octanol–water partition coefficient (Wildman–Crippen LogP) is 4.34. The van der Waals surface area contributed by atoms with E-state index < -0.39 is 0 Å². The summed E-state index contributed by atoms with van der Waals surface area (Å²) in [6.07, 6.45) is 4.67. The lowest BCUT2D eigenvalue weighted by Gasteiger charge is -2.13. The lowest BCUT2D eigenvalue weighted by molar-refractivity contribution is -0.142. The Kier molecular flexibility index (Phi) is 4.93. The molecule has 134 valence electrons. The maximum atomic E-state index is 11.5. The second-order valence-electron chi connectivity index (χ2n) is 6.38. The standard InChI is InChI=1S/C20H21N3O2S/c1-2-25-19(24)11-12-26-20-22-21-13-23(20)18-10-9-15(14-7-8-14)16-5-3-4-6-17(16)18/h3-6,9-10,13-14H,2,7-8,11-12H2,1H3. The van der Waals surface area contributed by atoms with Crippen molar-refractivity contribution < 1.29 is 9.53 Å². The summed E-state index contributed by atoms with van der Waals surface area (Å²) in [7, 11) is 0. The summed E-state index contributed by atoms with van der Waals surface area (Å²) in [6.45, 7) is 2.23. The molecule has 1 heterocycles. The highest BCUT2D eigenvalue weighted by Gasteiger charge is 2.26. The molecule has 2 aromatic carbocycles. The van der Waals surface area contributed by atoms with Gasteiger partial charge in [0.05, 0.1) is 18.7 Å². The zero-order chi connectivity index (χ0) is 17.9. The van der Waals surface area contributed by atoms with Crippen LogP contribution < -0.4 is 0 Å². The monoisotopic (exact) mass is 367 g/mol. The number of carbonyl (C=O) groups excluding carboxylic acids is 1. The van der Waals surface area contributed by atoms with E-state index >= 15 is 0 Å². The summed E-state index contributed by atoms with van der Waals surface area (Å²) >= 11 is 1.52. The number of carbonyl (C=O) groups is 1. The maximum absolute atomic E-state index is 11.5. The zero-order valence-electron chi connectivity index (χ0n) is 14.7. The molecule has 0 saturated heterocycles. The van der Waals surface area contributed by atoms with Crippen molar-refractivity contribution in [3.63, 3.8) is 0 Å². The first kappa shape index (κ1) is 17.1. The Balaban J connectivity index is 1.62. The molecule has 0 spiro atoms. The third-order valence-electron chi connectivity index (χ3n) is 4.57. The van der Waals surface area contributed by atoms with Gasteiger partial charge >= 0.3 is 5.97 Å². The van der Waals surface area contributed by atoms with E-state index in [4.69, 9.17) is 4.74 Å². The minimum absolute atomic E-state index is 0.176. The van der Waals surface area contributed by atoms with Gasteiger partial charge in [-0.25, -0.2) is 0 Å². The Hall–Kier alpha value is -2.34. The van der Waals surface area contributed by atoms with Gasteiger partial charge in [-0.15, -0.1) is 10.2 Å². The Labute approximate surface area is 156 Å². The third kappa shape index (κ3) is 3.46. The fraction of sp³-hybridized carbons (Fsp3) is 0.350. The molecule has 0 unspecified atom stereocenters. The molecule has 0 aliphatic heterocycles. The van der Waals surface area contributed by atoms with E-state index in [0.29, 0.717) is 24.7 Å². The van der Waals surface area contributed by atoms with E-state index in [1.54, 1.807) is 6.33 Å². The molecule has 0 N–H and O–H groups in total. The van der Waals surface area contributed by atoms with Gasteiger partial charge in [-0.3, -0.25) is 9.36 Å². The quantitative estimate of drug-likeness (QED) is 0.459. The van der Waals surface area contributed by atoms with E-state index in [0.717, 1.165) is 10.8 Å². The molecule has 5 nitrogen and oxygen atoms in total. The first-order valence-electron chi connectivity index (χ1n) is 8.98. The van der Waals surface area contributed by atoms with Crippen molar-refractivity contribution in [1.29, 1.82) is 0 Å². The highest BCUT2D eigenvalue weighted by molar-refractivity contribution is 7.99. The fourth-order valence-electron chi connectivity index (χ4n) is 3.21. The second kappa shape index (κ2) is 7.50. The summed E-state index contributed by atoms with van der Waals surface area (Å²) < 4.78 is 6.99. The van der Waals surface area contributed by atoms with E-state index in [-0.39, 0.29) is 5.97 Å². The van der Waals surface area contributed by atoms with Crippen LogP contribution in [0.4, 0.5) is 0 Å². The molecular formula is C20H21N3O2S. The largest absolute Gasteiger partial charge is 0.466 e. The number of esters is 1. The van der Waals surface area contributed by atoms with Crippen LogP contribution in [0.1, 0.15) is 37.7 Å². The Morgan fingerprint density at radius 3 is 2.81 bits per heavy atom. The molecule has 0 atom stereocenters. The molecule has 0 bridgehead atoms. The van der Waals surface area contributed by atoms with Crippen molar-refractivity contribution in [1.82, 2.24) is 14.8 Å². The molecular weight excluding hydrogens is 346 g/mol. The summed E-state index contributed by atoms with van der Waals surface area (Å²) in [4.78, 5) is 11.5. The van der Waals surface area contributed by atoms with Crippen LogP contribution in [0, 0.1) is 0 Å². The number of fused-ring (bicyclic) bond motifs is 1. The van der Waals surface area contributed by atoms with Crippen molar-refractivity contribution in [3.05, 3.63) is 48.3 Å². The normalized spacial score (nSPS) is 13.9. The molecule has 1 aliphatic rings. The first-order valence-corrected chi connectivity index (χ1v) is 9.97. The van der Waals surface area contributed by atoms with Crippen molar-refractivity contribution >= 4 is 28.5 Å². The Morgan fingerprint density at radius 2 is 2.04 bits per heavy atom. The van der Waals surface area contributed by atoms with Gasteiger partial charge in [0.25, 0.3) is 0 Å². The SMILES string of the molecule is CCOC(=O)CCSc1nncn1-c1ccc(C2CC2)c2ccccc12. The van der Waals surface area contributed by atoms with Crippen LogP contribution in [-0.2, 0) is 9.53 Å². The van der Waals surface area contributed by atoms with Gasteiger partial charge < -0.3 is 4.74 Å². The number of rotatable bonds is 7. The van der Waals surface area contributed by atoms with E-state index in [1.165, 1.54) is 40.9 Å². The van der Waals surface area contributed by atoms with Gasteiger partial charge in [0.15, 0.2) is 5.16 Å². The Bertz CT molecular complexity index is 934. The van der Waals surface area contributed by atoms with E-state index in [1.807, 2.05) is 11.5 Å². The second-order valence-corrected chi connectivity index (χ2v) is 7.44. The molecule has 0 radical (unpaired) electrons. The Morgan fingerprint density at radius 1 is 1.23 bits per heavy atom. The number of ether oxygens (including phenoxy) is 1. The van der Waals surface area contributed by atoms with Crippen LogP contribution in [-0.4, -0.2) is 33.1 Å². The summed E-state index contributed by atoms with van der Waals surface area (Å²) in [5.74, 6) is 1.15. The van der Waals surface area contributed by atoms with Gasteiger partial charge in [-0.05, 0) is 42.7 Å². The van der Waals surface area contributed by atoms with Gasteiger partial charge in [-0.1, -0.05) is 42.1 Å². The van der Waals surface area contributed by atoms with Gasteiger partial charge in [0.1, 0.15) is 6.33 Å². The number of nitrogens with zero attached hydrogens (tertiary/aromatic N) is 3. The van der Waals surface area contributed by atoms with Gasteiger partial charge in [-0.2, -0.15) is 0 Å². The van der Waals surface area contributed by atoms with Crippen LogP contribution in [0.15, 0.2) is 47.9 Å². The number of hydrogen-bond acceptors (Lipinski definition) is 5. The summed E-state index contributed by atoms with van der Waals surface area (Å²) in [5.41, 5.74) is 2.52. The first-order chi connectivity index (χ1) is 12.8. The average molecular weight is 367 g/mol. The fourth-order valence-corrected chi connectivity index (χ4v) is 4.05. The molecule has 26 heavy (non-hydrogen) atoms. The lowest BCUT2D eigenvalue weighted by Crippen LogP contribution is -2.05. The smallest absolute Gasteiger partial charge is 0.306 e. The van der Waals surface area contributed by atoms with Crippen molar-refractivity contribution in [2.24, 2.45) is 0 Å². The molecule has 6 heteroatoms. The molecule has 1 aromatic heterocycles. The predicted molar refractivity (Wildman–Crippen MR) is 103 cm³/mol. The minimum Gasteiger partial charge on any atom is -0.466 e. The average Bonchev–Trinajstić information content (AvgIpc) is 3.40. The van der Waals surface area contributed by atoms with Crippen molar-refractivity contribution in [2.75, 3.05) is 12.4 Å². The van der Waals surface area contributed by atoms with Crippen LogP contribution in [0.5, 0.6) is 0 Å². The van der Waals surface area contributed by atoms with Crippen LogP contribution >= 0.6 is 11.8 Å². The highest BCUT2D eigenvalue weighted by atomic mass is 32.2. The molecule has 4 rings (SSSR count). The van der Waals surface area contributed by atoms with Crippen LogP contribution in [0.25, 0.3) is 16.5 Å². The van der Waals surface area contributed by atoms with Gasteiger partial charge in [0, 0.05) is 11.1 Å². The molecule has 1 aliphatic carbocycles. The molecule has 3 aromatic rings. The van der Waals surface area contributed by atoms with Crippen molar-refractivity contribution in [3.8, 4) is 5.69 Å². The maximum Gasteiger partial charge on any atom is 0.306 e. The molecule has 1 fully saturated rings.